The molecule has 21 heavy (non-hydrogen) atoms. The van der Waals surface area contributed by atoms with Crippen molar-refractivity contribution in [3.8, 4) is 0 Å². The average Bonchev–Trinajstić information content (AvgIpc) is 2.53. The average molecular weight is 280 g/mol. The molecule has 0 aliphatic carbocycles. The third-order valence-electron chi connectivity index (χ3n) is 4.13. The van der Waals surface area contributed by atoms with Crippen LogP contribution in [-0.2, 0) is 24.2 Å². The second-order valence-corrected chi connectivity index (χ2v) is 5.54. The molecule has 2 aromatic rings. The Morgan fingerprint density at radius 2 is 1.90 bits per heavy atom. The van der Waals surface area contributed by atoms with Crippen molar-refractivity contribution in [3.63, 3.8) is 0 Å². The summed E-state index contributed by atoms with van der Waals surface area (Å²) in [6, 6.07) is 16.1. The normalized spacial score (nSPS) is 13.8. The fourth-order valence-corrected chi connectivity index (χ4v) is 2.91. The van der Waals surface area contributed by atoms with Crippen molar-refractivity contribution in [2.75, 3.05) is 12.3 Å². The van der Waals surface area contributed by atoms with E-state index in [0.29, 0.717) is 13.0 Å². The molecule has 3 rings (SSSR count). The van der Waals surface area contributed by atoms with Crippen LogP contribution in [0.15, 0.2) is 48.5 Å². The number of nitrogen functional groups attached to an aromatic ring is 1. The Morgan fingerprint density at radius 3 is 2.71 bits per heavy atom. The van der Waals surface area contributed by atoms with E-state index in [1.54, 1.807) is 0 Å². The molecule has 0 aromatic heterocycles. The van der Waals surface area contributed by atoms with Crippen molar-refractivity contribution < 1.29 is 4.79 Å². The molecular weight excluding hydrogens is 260 g/mol. The van der Waals surface area contributed by atoms with Crippen molar-refractivity contribution >= 4 is 11.6 Å². The highest BCUT2D eigenvalue weighted by molar-refractivity contribution is 5.77. The summed E-state index contributed by atoms with van der Waals surface area (Å²) in [5.41, 5.74) is 10.5. The lowest BCUT2D eigenvalue weighted by Crippen LogP contribution is -2.36. The van der Waals surface area contributed by atoms with Crippen LogP contribution >= 0.6 is 0 Å². The molecule has 3 nitrogen and oxygen atoms in total. The molecule has 0 saturated heterocycles. The number of nitrogens with zero attached hydrogens (tertiary/aromatic N) is 1. The molecule has 1 aliphatic heterocycles. The molecular formula is C18H20N2O. The summed E-state index contributed by atoms with van der Waals surface area (Å²) in [7, 11) is 0. The third kappa shape index (κ3) is 3.07. The molecule has 0 saturated carbocycles. The lowest BCUT2D eigenvalue weighted by molar-refractivity contribution is -0.132. The predicted octanol–water partition coefficient (Wildman–Crippen LogP) is 2.79. The van der Waals surface area contributed by atoms with Crippen LogP contribution in [0.5, 0.6) is 0 Å². The lowest BCUT2D eigenvalue weighted by Gasteiger charge is -2.29. The summed E-state index contributed by atoms with van der Waals surface area (Å²) in [6.45, 7) is 1.46. The quantitative estimate of drug-likeness (QED) is 0.879. The summed E-state index contributed by atoms with van der Waals surface area (Å²) in [6.07, 6.45) is 2.24. The number of rotatable bonds is 3. The van der Waals surface area contributed by atoms with Gasteiger partial charge in [0.15, 0.2) is 0 Å². The van der Waals surface area contributed by atoms with Gasteiger partial charge in [-0.25, -0.2) is 0 Å². The standard InChI is InChI=1S/C18H20N2O/c19-17-8-4-7-15-13-20(12-11-16(15)17)18(21)10-9-14-5-2-1-3-6-14/h1-8H,9-13,19H2. The van der Waals surface area contributed by atoms with Crippen LogP contribution in [-0.4, -0.2) is 17.4 Å². The van der Waals surface area contributed by atoms with Gasteiger partial charge in [0.1, 0.15) is 0 Å². The van der Waals surface area contributed by atoms with E-state index in [1.165, 1.54) is 16.7 Å². The molecule has 1 amide bonds. The van der Waals surface area contributed by atoms with Gasteiger partial charge in [0.25, 0.3) is 0 Å². The van der Waals surface area contributed by atoms with Gasteiger partial charge in [-0.05, 0) is 35.6 Å². The van der Waals surface area contributed by atoms with Gasteiger partial charge in [0, 0.05) is 25.2 Å². The van der Waals surface area contributed by atoms with Crippen LogP contribution in [0, 0.1) is 0 Å². The summed E-state index contributed by atoms with van der Waals surface area (Å²) in [5, 5.41) is 0. The number of amides is 1. The van der Waals surface area contributed by atoms with Gasteiger partial charge in [-0.2, -0.15) is 0 Å². The van der Waals surface area contributed by atoms with E-state index in [9.17, 15) is 4.79 Å². The van der Waals surface area contributed by atoms with Crippen LogP contribution in [0.2, 0.25) is 0 Å². The number of nitrogens with two attached hydrogens (primary N) is 1. The number of hydrogen-bond donors (Lipinski definition) is 1. The van der Waals surface area contributed by atoms with E-state index in [4.69, 9.17) is 5.73 Å². The SMILES string of the molecule is Nc1cccc2c1CCN(C(=O)CCc1ccccc1)C2. The Bertz CT molecular complexity index is 637. The van der Waals surface area contributed by atoms with Gasteiger partial charge in [-0.15, -0.1) is 0 Å². The van der Waals surface area contributed by atoms with Crippen LogP contribution in [0.4, 0.5) is 5.69 Å². The first-order chi connectivity index (χ1) is 10.2. The van der Waals surface area contributed by atoms with Crippen molar-refractivity contribution in [1.29, 1.82) is 0 Å². The number of carbonyl (C=O) groups excluding carboxylic acids is 1. The summed E-state index contributed by atoms with van der Waals surface area (Å²) >= 11 is 0. The van der Waals surface area contributed by atoms with E-state index >= 15 is 0 Å². The largest absolute Gasteiger partial charge is 0.398 e. The van der Waals surface area contributed by atoms with Crippen molar-refractivity contribution in [2.24, 2.45) is 0 Å². The van der Waals surface area contributed by atoms with Crippen LogP contribution in [0.1, 0.15) is 23.1 Å². The summed E-state index contributed by atoms with van der Waals surface area (Å²) < 4.78 is 0. The van der Waals surface area contributed by atoms with Crippen LogP contribution in [0.3, 0.4) is 0 Å². The van der Waals surface area contributed by atoms with Crippen LogP contribution in [0.25, 0.3) is 0 Å². The molecule has 0 bridgehead atoms. The number of hydrogen-bond acceptors (Lipinski definition) is 2. The first-order valence-electron chi connectivity index (χ1n) is 7.42. The molecule has 1 aliphatic rings. The van der Waals surface area contributed by atoms with Crippen LogP contribution < -0.4 is 5.73 Å². The maximum Gasteiger partial charge on any atom is 0.223 e. The fraction of sp³-hybridized carbons (Fsp3) is 0.278. The molecule has 0 fully saturated rings. The highest BCUT2D eigenvalue weighted by Crippen LogP contribution is 2.24. The number of benzene rings is 2. The zero-order valence-corrected chi connectivity index (χ0v) is 12.1. The van der Waals surface area contributed by atoms with Gasteiger partial charge in [0.05, 0.1) is 0 Å². The minimum Gasteiger partial charge on any atom is -0.398 e. The molecule has 3 heteroatoms. The number of fused-ring (bicyclic) bond motifs is 1. The maximum atomic E-state index is 12.4. The van der Waals surface area contributed by atoms with E-state index < -0.39 is 0 Å². The Morgan fingerprint density at radius 1 is 1.10 bits per heavy atom. The van der Waals surface area contributed by atoms with E-state index in [1.807, 2.05) is 35.2 Å². The van der Waals surface area contributed by atoms with Gasteiger partial charge < -0.3 is 10.6 Å². The molecule has 1 heterocycles. The predicted molar refractivity (Wildman–Crippen MR) is 84.7 cm³/mol. The number of carbonyl (C=O) groups is 1. The molecule has 108 valence electrons. The van der Waals surface area contributed by atoms with Crippen molar-refractivity contribution in [2.45, 2.75) is 25.8 Å². The van der Waals surface area contributed by atoms with E-state index in [0.717, 1.165) is 25.1 Å². The van der Waals surface area contributed by atoms with Gasteiger partial charge >= 0.3 is 0 Å². The second-order valence-electron chi connectivity index (χ2n) is 5.54. The number of aryl methyl sites for hydroxylation is 1. The minimum atomic E-state index is 0.229. The monoisotopic (exact) mass is 280 g/mol. The topological polar surface area (TPSA) is 46.3 Å². The molecule has 2 aromatic carbocycles. The summed E-state index contributed by atoms with van der Waals surface area (Å²) in [5.74, 6) is 0.229. The molecule has 2 N–H and O–H groups in total. The third-order valence-corrected chi connectivity index (χ3v) is 4.13. The Hall–Kier alpha value is -2.29. The Balaban J connectivity index is 1.62. The fourth-order valence-electron chi connectivity index (χ4n) is 2.91. The zero-order chi connectivity index (χ0) is 14.7. The van der Waals surface area contributed by atoms with Crippen molar-refractivity contribution in [1.82, 2.24) is 4.90 Å². The Kier molecular flexibility index (Phi) is 3.91. The maximum absolute atomic E-state index is 12.4. The minimum absolute atomic E-state index is 0.229. The summed E-state index contributed by atoms with van der Waals surface area (Å²) in [4.78, 5) is 14.3. The van der Waals surface area contributed by atoms with Gasteiger partial charge in [0.2, 0.25) is 5.91 Å². The Labute approximate surface area is 125 Å². The first-order valence-corrected chi connectivity index (χ1v) is 7.42. The van der Waals surface area contributed by atoms with E-state index in [2.05, 4.69) is 18.2 Å². The van der Waals surface area contributed by atoms with E-state index in [-0.39, 0.29) is 5.91 Å². The lowest BCUT2D eigenvalue weighted by atomic mass is 9.97. The van der Waals surface area contributed by atoms with Gasteiger partial charge in [-0.1, -0.05) is 42.5 Å². The second kappa shape index (κ2) is 6.00. The molecule has 0 spiro atoms. The smallest absolute Gasteiger partial charge is 0.223 e. The molecule has 0 unspecified atom stereocenters. The molecule has 0 radical (unpaired) electrons. The highest BCUT2D eigenvalue weighted by atomic mass is 16.2. The van der Waals surface area contributed by atoms with Gasteiger partial charge in [-0.3, -0.25) is 4.79 Å². The highest BCUT2D eigenvalue weighted by Gasteiger charge is 2.21. The molecule has 0 atom stereocenters. The zero-order valence-electron chi connectivity index (χ0n) is 12.1. The van der Waals surface area contributed by atoms with Crippen molar-refractivity contribution in [3.05, 3.63) is 65.2 Å². The number of anilines is 1. The first kappa shape index (κ1) is 13.7.